The number of ketones is 1. The van der Waals surface area contributed by atoms with Gasteiger partial charge in [0, 0.05) is 11.8 Å². The molecule has 0 aromatic rings. The molecule has 3 heteroatoms. The molecule has 0 fully saturated rings. The van der Waals surface area contributed by atoms with E-state index in [1.807, 2.05) is 13.8 Å². The van der Waals surface area contributed by atoms with Crippen molar-refractivity contribution < 1.29 is 9.22 Å². The van der Waals surface area contributed by atoms with E-state index in [1.165, 1.54) is 28.1 Å². The van der Waals surface area contributed by atoms with Crippen molar-refractivity contribution in [2.24, 2.45) is 17.8 Å². The van der Waals surface area contributed by atoms with Crippen molar-refractivity contribution in [3.8, 4) is 0 Å². The average Bonchev–Trinajstić information content (AvgIpc) is 2.84. The van der Waals surface area contributed by atoms with Gasteiger partial charge in [0.1, 0.15) is 5.76 Å². The van der Waals surface area contributed by atoms with Crippen molar-refractivity contribution in [3.05, 3.63) is 33.6 Å². The third-order valence-electron chi connectivity index (χ3n) is 7.56. The van der Waals surface area contributed by atoms with E-state index in [-0.39, 0.29) is 11.0 Å². The van der Waals surface area contributed by atoms with Crippen molar-refractivity contribution in [2.45, 2.75) is 94.3 Å². The van der Waals surface area contributed by atoms with Crippen molar-refractivity contribution >= 4 is 14.1 Å². The summed E-state index contributed by atoms with van der Waals surface area (Å²) < 4.78 is 6.49. The van der Waals surface area contributed by atoms with Gasteiger partial charge in [-0.3, -0.25) is 4.79 Å². The van der Waals surface area contributed by atoms with E-state index in [9.17, 15) is 4.79 Å². The lowest BCUT2D eigenvalue weighted by atomic mass is 9.95. The van der Waals surface area contributed by atoms with Crippen LogP contribution >= 0.6 is 0 Å². The van der Waals surface area contributed by atoms with E-state index in [2.05, 4.69) is 75.4 Å². The number of Topliss-reactive ketones (excluding diaryl/α,β-unsaturated/α-hetero) is 1. The lowest BCUT2D eigenvalue weighted by Gasteiger charge is -2.37. The maximum absolute atomic E-state index is 11.3. The molecule has 3 unspecified atom stereocenters. The molecule has 0 saturated heterocycles. The Morgan fingerprint density at radius 3 is 1.48 bits per heavy atom. The monoisotopic (exact) mass is 390 g/mol. The van der Waals surface area contributed by atoms with E-state index in [1.54, 1.807) is 0 Å². The van der Waals surface area contributed by atoms with Gasteiger partial charge in [-0.05, 0) is 75.4 Å². The first-order valence-electron chi connectivity index (χ1n) is 10.3. The van der Waals surface area contributed by atoms with Crippen molar-refractivity contribution in [2.75, 3.05) is 0 Å². The fourth-order valence-electron chi connectivity index (χ4n) is 3.37. The molecular formula is C24H42O2Si. The van der Waals surface area contributed by atoms with Crippen molar-refractivity contribution in [3.63, 3.8) is 0 Å². The standard InChI is InChI=1S/C15H28OSi.C9H14O/c1-10-11(2)13(4)14(12(10)3)16-17(8,9)15(5,6)7;1-5-6(2)8(4)9(10)7(5)3/h10H,1-9H3;5,7H,1-4H3. The molecular weight excluding hydrogens is 348 g/mol. The molecule has 0 radical (unpaired) electrons. The fourth-order valence-corrected chi connectivity index (χ4v) is 4.50. The van der Waals surface area contributed by atoms with Gasteiger partial charge in [-0.1, -0.05) is 52.7 Å². The Balaban J connectivity index is 0.000000309. The molecule has 3 atom stereocenters. The Bertz CT molecular complexity index is 698. The average molecular weight is 391 g/mol. The molecule has 0 heterocycles. The smallest absolute Gasteiger partial charge is 0.250 e. The van der Waals surface area contributed by atoms with Crippen LogP contribution in [0.15, 0.2) is 33.6 Å². The molecule has 2 aliphatic rings. The first-order valence-corrected chi connectivity index (χ1v) is 13.2. The third-order valence-corrected chi connectivity index (χ3v) is 11.9. The number of carbonyl (C=O) groups is 1. The molecule has 0 aliphatic heterocycles. The van der Waals surface area contributed by atoms with Crippen LogP contribution in [0.2, 0.25) is 18.1 Å². The Hall–Kier alpha value is -1.09. The highest BCUT2D eigenvalue weighted by Gasteiger charge is 2.41. The Kier molecular flexibility index (Phi) is 7.19. The highest BCUT2D eigenvalue weighted by molar-refractivity contribution is 6.74. The number of hydrogen-bond acceptors (Lipinski definition) is 2. The summed E-state index contributed by atoms with van der Waals surface area (Å²) in [6.45, 7) is 28.5. The summed E-state index contributed by atoms with van der Waals surface area (Å²) >= 11 is 0. The zero-order valence-corrected chi connectivity index (χ0v) is 21.0. The molecule has 0 spiro atoms. The van der Waals surface area contributed by atoms with Gasteiger partial charge in [-0.25, -0.2) is 0 Å². The number of rotatable bonds is 2. The van der Waals surface area contributed by atoms with Gasteiger partial charge < -0.3 is 4.43 Å². The van der Waals surface area contributed by atoms with Gasteiger partial charge in [-0.15, -0.1) is 0 Å². The Morgan fingerprint density at radius 2 is 1.26 bits per heavy atom. The molecule has 0 aromatic carbocycles. The normalized spacial score (nSPS) is 26.7. The van der Waals surface area contributed by atoms with E-state index in [0.29, 0.717) is 17.6 Å². The summed E-state index contributed by atoms with van der Waals surface area (Å²) in [5, 5.41) is 0.264. The minimum absolute atomic E-state index is 0.222. The second kappa shape index (κ2) is 8.11. The number of carbonyl (C=O) groups excluding carboxylic acids is 1. The first kappa shape index (κ1) is 23.9. The van der Waals surface area contributed by atoms with Crippen LogP contribution in [0.1, 0.15) is 76.2 Å². The van der Waals surface area contributed by atoms with Crippen LogP contribution in [0.5, 0.6) is 0 Å². The van der Waals surface area contributed by atoms with Crippen LogP contribution in [0, 0.1) is 17.8 Å². The van der Waals surface area contributed by atoms with Crippen molar-refractivity contribution in [1.29, 1.82) is 0 Å². The molecule has 2 aliphatic carbocycles. The lowest BCUT2D eigenvalue weighted by Crippen LogP contribution is -2.40. The van der Waals surface area contributed by atoms with E-state index in [0.717, 1.165) is 5.57 Å². The van der Waals surface area contributed by atoms with E-state index < -0.39 is 8.32 Å². The minimum atomic E-state index is -1.70. The number of allylic oxidation sites excluding steroid dienone is 5. The molecule has 27 heavy (non-hydrogen) atoms. The van der Waals surface area contributed by atoms with Gasteiger partial charge >= 0.3 is 0 Å². The quantitative estimate of drug-likeness (QED) is 0.458. The largest absolute Gasteiger partial charge is 0.543 e. The summed E-state index contributed by atoms with van der Waals surface area (Å²) in [6, 6.07) is 0. The first-order chi connectivity index (χ1) is 12.0. The van der Waals surface area contributed by atoms with Crippen LogP contribution in [0.4, 0.5) is 0 Å². The highest BCUT2D eigenvalue weighted by atomic mass is 28.4. The highest BCUT2D eigenvalue weighted by Crippen LogP contribution is 2.43. The van der Waals surface area contributed by atoms with Gasteiger partial charge in [0.25, 0.3) is 0 Å². The minimum Gasteiger partial charge on any atom is -0.543 e. The Labute approximate surface area is 169 Å². The van der Waals surface area contributed by atoms with Crippen LogP contribution in [-0.2, 0) is 9.22 Å². The lowest BCUT2D eigenvalue weighted by molar-refractivity contribution is -0.118. The van der Waals surface area contributed by atoms with E-state index in [4.69, 9.17) is 4.43 Å². The topological polar surface area (TPSA) is 26.3 Å². The van der Waals surface area contributed by atoms with Crippen LogP contribution in [0.25, 0.3) is 0 Å². The van der Waals surface area contributed by atoms with Gasteiger partial charge in [-0.2, -0.15) is 0 Å². The van der Waals surface area contributed by atoms with Crippen LogP contribution in [-0.4, -0.2) is 14.1 Å². The maximum atomic E-state index is 11.3. The summed E-state index contributed by atoms with van der Waals surface area (Å²) in [4.78, 5) is 11.3. The third kappa shape index (κ3) is 4.67. The fraction of sp³-hybridized carbons (Fsp3) is 0.708. The Morgan fingerprint density at radius 1 is 0.778 bits per heavy atom. The van der Waals surface area contributed by atoms with Crippen LogP contribution in [0.3, 0.4) is 0 Å². The van der Waals surface area contributed by atoms with Gasteiger partial charge in [0.15, 0.2) is 5.78 Å². The molecule has 0 saturated carbocycles. The SMILES string of the molecule is CC1=C(C)C(C)C(C)=C1O[Si](C)(C)C(C)(C)C.CC1=C(C)C(C)C(C)C1=O. The molecule has 2 rings (SSSR count). The summed E-state index contributed by atoms with van der Waals surface area (Å²) in [5.74, 6) is 2.76. The molecule has 0 N–H and O–H groups in total. The summed E-state index contributed by atoms with van der Waals surface area (Å²) in [7, 11) is -1.70. The van der Waals surface area contributed by atoms with Gasteiger partial charge in [0.05, 0.1) is 0 Å². The molecule has 2 nitrogen and oxygen atoms in total. The van der Waals surface area contributed by atoms with Crippen molar-refractivity contribution in [1.82, 2.24) is 0 Å². The maximum Gasteiger partial charge on any atom is 0.250 e. The zero-order valence-electron chi connectivity index (χ0n) is 20.0. The second-order valence-corrected chi connectivity index (χ2v) is 14.9. The molecule has 0 bridgehead atoms. The predicted molar refractivity (Wildman–Crippen MR) is 120 cm³/mol. The summed E-state index contributed by atoms with van der Waals surface area (Å²) in [5.41, 5.74) is 6.50. The number of hydrogen-bond donors (Lipinski definition) is 0. The van der Waals surface area contributed by atoms with E-state index >= 15 is 0 Å². The summed E-state index contributed by atoms with van der Waals surface area (Å²) in [6.07, 6.45) is 0. The molecule has 154 valence electrons. The predicted octanol–water partition coefficient (Wildman–Crippen LogP) is 7.45. The van der Waals surface area contributed by atoms with Crippen LogP contribution < -0.4 is 0 Å². The van der Waals surface area contributed by atoms with Gasteiger partial charge in [0.2, 0.25) is 8.32 Å². The second-order valence-electron chi connectivity index (χ2n) is 10.2. The molecule has 0 amide bonds. The zero-order chi connectivity index (χ0) is 21.5. The molecule has 0 aromatic heterocycles.